The topological polar surface area (TPSA) is 63.1 Å². The molecule has 1 saturated heterocycles. The number of carbonyl (C=O) groups excluding carboxylic acids is 1. The van der Waals surface area contributed by atoms with Crippen LogP contribution in [0, 0.1) is 0 Å². The third kappa shape index (κ3) is 6.62. The molecular formula is C25H29N5O. The summed E-state index contributed by atoms with van der Waals surface area (Å²) in [6, 6.07) is 18.6. The number of nitrogens with zero attached hydrogens (tertiary/aromatic N) is 4. The van der Waals surface area contributed by atoms with Gasteiger partial charge >= 0.3 is 0 Å². The predicted octanol–water partition coefficient (Wildman–Crippen LogP) is 3.64. The van der Waals surface area contributed by atoms with E-state index in [0.717, 1.165) is 17.7 Å². The number of benzene rings is 2. The Kier molecular flexibility index (Phi) is 7.24. The first-order valence-electron chi connectivity index (χ1n) is 10.9. The SMILES string of the molecule is O=C(/C=C/c1cn(Cc2ccccc2)nn1)NCc1ccc(CN2CCCCC2)cc1. The van der Waals surface area contributed by atoms with Gasteiger partial charge < -0.3 is 5.32 Å². The maximum atomic E-state index is 12.2. The maximum Gasteiger partial charge on any atom is 0.244 e. The summed E-state index contributed by atoms with van der Waals surface area (Å²) < 4.78 is 1.76. The molecule has 160 valence electrons. The van der Waals surface area contributed by atoms with Crippen LogP contribution in [0.2, 0.25) is 0 Å². The summed E-state index contributed by atoms with van der Waals surface area (Å²) in [4.78, 5) is 14.7. The van der Waals surface area contributed by atoms with Crippen LogP contribution in [0.15, 0.2) is 66.9 Å². The van der Waals surface area contributed by atoms with Crippen molar-refractivity contribution >= 4 is 12.0 Å². The summed E-state index contributed by atoms with van der Waals surface area (Å²) >= 11 is 0. The average Bonchev–Trinajstić information content (AvgIpc) is 3.26. The number of hydrogen-bond donors (Lipinski definition) is 1. The standard InChI is InChI=1S/C25H29N5O/c31-25(14-13-24-20-30(28-27-24)19-22-7-3-1-4-8-22)26-17-21-9-11-23(12-10-21)18-29-15-5-2-6-16-29/h1,3-4,7-14,20H,2,5-6,15-19H2,(H,26,31)/b14-13+. The van der Waals surface area contributed by atoms with E-state index in [0.29, 0.717) is 18.8 Å². The Hall–Kier alpha value is -3.25. The molecule has 0 saturated carbocycles. The van der Waals surface area contributed by atoms with Gasteiger partial charge in [-0.2, -0.15) is 0 Å². The zero-order chi connectivity index (χ0) is 21.3. The number of likely N-dealkylation sites (tertiary alicyclic amines) is 1. The molecular weight excluding hydrogens is 386 g/mol. The highest BCUT2D eigenvalue weighted by Gasteiger charge is 2.10. The number of nitrogens with one attached hydrogen (secondary N) is 1. The van der Waals surface area contributed by atoms with Crippen LogP contribution in [0.4, 0.5) is 0 Å². The minimum absolute atomic E-state index is 0.144. The van der Waals surface area contributed by atoms with Gasteiger partial charge in [-0.1, -0.05) is 66.2 Å². The highest BCUT2D eigenvalue weighted by Crippen LogP contribution is 2.13. The second-order valence-electron chi connectivity index (χ2n) is 8.03. The van der Waals surface area contributed by atoms with Crippen LogP contribution >= 0.6 is 0 Å². The van der Waals surface area contributed by atoms with Crippen molar-refractivity contribution in [2.75, 3.05) is 13.1 Å². The summed E-state index contributed by atoms with van der Waals surface area (Å²) in [5, 5.41) is 11.1. The molecule has 0 unspecified atom stereocenters. The first-order valence-corrected chi connectivity index (χ1v) is 10.9. The van der Waals surface area contributed by atoms with Gasteiger partial charge in [0.1, 0.15) is 5.69 Å². The lowest BCUT2D eigenvalue weighted by atomic mass is 10.1. The first-order chi connectivity index (χ1) is 15.2. The molecule has 4 rings (SSSR count). The lowest BCUT2D eigenvalue weighted by molar-refractivity contribution is -0.116. The van der Waals surface area contributed by atoms with Crippen molar-refractivity contribution in [2.24, 2.45) is 0 Å². The number of amides is 1. The second kappa shape index (κ2) is 10.7. The average molecular weight is 416 g/mol. The molecule has 1 fully saturated rings. The van der Waals surface area contributed by atoms with Crippen LogP contribution < -0.4 is 5.32 Å². The number of rotatable bonds is 8. The smallest absolute Gasteiger partial charge is 0.244 e. The molecule has 0 aliphatic carbocycles. The van der Waals surface area contributed by atoms with Crippen molar-refractivity contribution in [1.29, 1.82) is 0 Å². The van der Waals surface area contributed by atoms with E-state index in [1.54, 1.807) is 10.8 Å². The van der Waals surface area contributed by atoms with E-state index in [1.165, 1.54) is 44.0 Å². The molecule has 1 aromatic heterocycles. The van der Waals surface area contributed by atoms with Crippen LogP contribution in [-0.2, 0) is 24.4 Å². The molecule has 2 heterocycles. The van der Waals surface area contributed by atoms with Gasteiger partial charge in [0.25, 0.3) is 0 Å². The third-order valence-electron chi connectivity index (χ3n) is 5.49. The molecule has 31 heavy (non-hydrogen) atoms. The van der Waals surface area contributed by atoms with Crippen molar-refractivity contribution in [1.82, 2.24) is 25.2 Å². The summed E-state index contributed by atoms with van der Waals surface area (Å²) in [5.74, 6) is -0.144. The maximum absolute atomic E-state index is 12.2. The van der Waals surface area contributed by atoms with E-state index in [-0.39, 0.29) is 5.91 Å². The van der Waals surface area contributed by atoms with Gasteiger partial charge in [0, 0.05) is 19.2 Å². The minimum atomic E-state index is -0.144. The Morgan fingerprint density at radius 3 is 2.39 bits per heavy atom. The fourth-order valence-corrected chi connectivity index (χ4v) is 3.78. The van der Waals surface area contributed by atoms with Crippen molar-refractivity contribution in [3.05, 3.63) is 89.3 Å². The number of carbonyl (C=O) groups is 1. The van der Waals surface area contributed by atoms with Gasteiger partial charge in [0.05, 0.1) is 12.7 Å². The van der Waals surface area contributed by atoms with Gasteiger partial charge in [0.15, 0.2) is 0 Å². The Bertz CT molecular complexity index is 988. The lowest BCUT2D eigenvalue weighted by Crippen LogP contribution is -2.29. The van der Waals surface area contributed by atoms with Crippen LogP contribution in [-0.4, -0.2) is 38.9 Å². The zero-order valence-corrected chi connectivity index (χ0v) is 17.8. The highest BCUT2D eigenvalue weighted by molar-refractivity contribution is 5.91. The predicted molar refractivity (Wildman–Crippen MR) is 122 cm³/mol. The minimum Gasteiger partial charge on any atom is -0.348 e. The van der Waals surface area contributed by atoms with E-state index < -0.39 is 0 Å². The van der Waals surface area contributed by atoms with Crippen molar-refractivity contribution < 1.29 is 4.79 Å². The number of hydrogen-bond acceptors (Lipinski definition) is 4. The molecule has 0 spiro atoms. The quantitative estimate of drug-likeness (QED) is 0.571. The normalized spacial score (nSPS) is 14.7. The molecule has 2 aromatic carbocycles. The molecule has 1 N–H and O–H groups in total. The fraction of sp³-hybridized carbons (Fsp3) is 0.320. The number of aromatic nitrogens is 3. The molecule has 1 amide bonds. The van der Waals surface area contributed by atoms with E-state index in [4.69, 9.17) is 0 Å². The van der Waals surface area contributed by atoms with Gasteiger partial charge in [0.2, 0.25) is 5.91 Å². The lowest BCUT2D eigenvalue weighted by Gasteiger charge is -2.26. The Labute approximate surface area is 183 Å². The van der Waals surface area contributed by atoms with E-state index in [2.05, 4.69) is 44.8 Å². The second-order valence-corrected chi connectivity index (χ2v) is 8.03. The van der Waals surface area contributed by atoms with Gasteiger partial charge in [-0.15, -0.1) is 5.10 Å². The largest absolute Gasteiger partial charge is 0.348 e. The Balaban J connectivity index is 1.22. The van der Waals surface area contributed by atoms with E-state index >= 15 is 0 Å². The van der Waals surface area contributed by atoms with E-state index in [9.17, 15) is 4.79 Å². The van der Waals surface area contributed by atoms with Crippen LogP contribution in [0.25, 0.3) is 6.08 Å². The van der Waals surface area contributed by atoms with Crippen LogP contribution in [0.3, 0.4) is 0 Å². The summed E-state index contributed by atoms with van der Waals surface area (Å²) in [6.45, 7) is 4.57. The van der Waals surface area contributed by atoms with Gasteiger partial charge in [-0.3, -0.25) is 9.69 Å². The molecule has 1 aliphatic heterocycles. The Morgan fingerprint density at radius 2 is 1.61 bits per heavy atom. The molecule has 0 atom stereocenters. The first kappa shape index (κ1) is 21.0. The Morgan fingerprint density at radius 1 is 0.903 bits per heavy atom. The number of piperidine rings is 1. The van der Waals surface area contributed by atoms with Gasteiger partial charge in [-0.25, -0.2) is 4.68 Å². The summed E-state index contributed by atoms with van der Waals surface area (Å²) in [5.41, 5.74) is 4.24. The highest BCUT2D eigenvalue weighted by atomic mass is 16.1. The van der Waals surface area contributed by atoms with E-state index in [1.807, 2.05) is 36.5 Å². The molecule has 6 heteroatoms. The zero-order valence-electron chi connectivity index (χ0n) is 17.8. The van der Waals surface area contributed by atoms with Crippen molar-refractivity contribution in [2.45, 2.75) is 38.9 Å². The van der Waals surface area contributed by atoms with Gasteiger partial charge in [-0.05, 0) is 48.7 Å². The molecule has 0 bridgehead atoms. The van der Waals surface area contributed by atoms with Crippen molar-refractivity contribution in [3.63, 3.8) is 0 Å². The third-order valence-corrected chi connectivity index (χ3v) is 5.49. The van der Waals surface area contributed by atoms with Crippen LogP contribution in [0.5, 0.6) is 0 Å². The molecule has 0 radical (unpaired) electrons. The fourth-order valence-electron chi connectivity index (χ4n) is 3.78. The molecule has 1 aliphatic rings. The summed E-state index contributed by atoms with van der Waals surface area (Å²) in [7, 11) is 0. The monoisotopic (exact) mass is 415 g/mol. The molecule has 6 nitrogen and oxygen atoms in total. The van der Waals surface area contributed by atoms with Crippen LogP contribution in [0.1, 0.15) is 41.6 Å². The summed E-state index contributed by atoms with van der Waals surface area (Å²) in [6.07, 6.45) is 8.99. The van der Waals surface area contributed by atoms with Crippen molar-refractivity contribution in [3.8, 4) is 0 Å². The molecule has 3 aromatic rings.